The Hall–Kier alpha value is -2.55. The van der Waals surface area contributed by atoms with Crippen LogP contribution in [0.4, 0.5) is 4.79 Å². The standard InChI is InChI=1S/C20H25N3O3/c1-20(2,3)26-19(25)22-17-15-9-5-4-7-13(15)11-16(17)18(24)23-10-6-8-14(23)12-21/h4-5,7,9,14,16-17H,6,8,10-11H2,1-3H3,(H,22,25). The Bertz CT molecular complexity index is 747. The summed E-state index contributed by atoms with van der Waals surface area (Å²) in [7, 11) is 0. The fourth-order valence-electron chi connectivity index (χ4n) is 3.82. The van der Waals surface area contributed by atoms with Crippen LogP contribution in [0.25, 0.3) is 0 Å². The van der Waals surface area contributed by atoms with Crippen molar-refractivity contribution in [3.05, 3.63) is 35.4 Å². The van der Waals surface area contributed by atoms with Crippen molar-refractivity contribution in [1.82, 2.24) is 10.2 Å². The number of nitrogens with zero attached hydrogens (tertiary/aromatic N) is 2. The van der Waals surface area contributed by atoms with E-state index in [9.17, 15) is 14.9 Å². The molecule has 0 bridgehead atoms. The third-order valence-electron chi connectivity index (χ3n) is 4.91. The minimum absolute atomic E-state index is 0.0636. The van der Waals surface area contributed by atoms with Gasteiger partial charge in [-0.3, -0.25) is 4.79 Å². The van der Waals surface area contributed by atoms with Crippen LogP contribution in [0.2, 0.25) is 0 Å². The zero-order valence-corrected chi connectivity index (χ0v) is 15.5. The second-order valence-electron chi connectivity index (χ2n) is 7.95. The number of nitrogens with one attached hydrogen (secondary N) is 1. The Morgan fingerprint density at radius 2 is 2.04 bits per heavy atom. The Kier molecular flexibility index (Phi) is 4.90. The fraction of sp³-hybridized carbons (Fsp3) is 0.550. The molecule has 1 fully saturated rings. The molecule has 0 spiro atoms. The van der Waals surface area contributed by atoms with Crippen LogP contribution in [0.15, 0.2) is 24.3 Å². The Balaban J connectivity index is 1.83. The number of amides is 2. The molecule has 138 valence electrons. The predicted molar refractivity (Wildman–Crippen MR) is 96.1 cm³/mol. The van der Waals surface area contributed by atoms with Crippen LogP contribution in [0.5, 0.6) is 0 Å². The summed E-state index contributed by atoms with van der Waals surface area (Å²) in [5.41, 5.74) is 1.40. The average Bonchev–Trinajstić information content (AvgIpc) is 3.17. The smallest absolute Gasteiger partial charge is 0.408 e. The van der Waals surface area contributed by atoms with Gasteiger partial charge < -0.3 is 15.0 Å². The molecule has 1 N–H and O–H groups in total. The molecule has 26 heavy (non-hydrogen) atoms. The highest BCUT2D eigenvalue weighted by Gasteiger charge is 2.43. The molecule has 1 aromatic rings. The summed E-state index contributed by atoms with van der Waals surface area (Å²) in [4.78, 5) is 27.1. The number of nitriles is 1. The van der Waals surface area contributed by atoms with Gasteiger partial charge in [-0.15, -0.1) is 0 Å². The summed E-state index contributed by atoms with van der Waals surface area (Å²) < 4.78 is 5.38. The molecule has 1 aromatic carbocycles. The highest BCUT2D eigenvalue weighted by molar-refractivity contribution is 5.83. The third kappa shape index (κ3) is 3.67. The van der Waals surface area contributed by atoms with Crippen LogP contribution in [0, 0.1) is 17.2 Å². The maximum Gasteiger partial charge on any atom is 0.408 e. The van der Waals surface area contributed by atoms with Crippen molar-refractivity contribution in [2.45, 2.75) is 57.7 Å². The number of fused-ring (bicyclic) bond motifs is 1. The molecule has 1 saturated heterocycles. The Morgan fingerprint density at radius 3 is 2.73 bits per heavy atom. The summed E-state index contributed by atoms with van der Waals surface area (Å²) in [6.07, 6.45) is 1.58. The lowest BCUT2D eigenvalue weighted by molar-refractivity contribution is -0.136. The molecule has 0 aromatic heterocycles. The molecule has 3 atom stereocenters. The molecule has 1 heterocycles. The SMILES string of the molecule is CC(C)(C)OC(=O)NC1c2ccccc2CC1C(=O)N1CCCC1C#N. The fourth-order valence-corrected chi connectivity index (χ4v) is 3.82. The number of carbonyl (C=O) groups is 2. The number of likely N-dealkylation sites (tertiary alicyclic amines) is 1. The van der Waals surface area contributed by atoms with Crippen LogP contribution < -0.4 is 5.32 Å². The zero-order valence-electron chi connectivity index (χ0n) is 15.5. The molecule has 2 aliphatic rings. The largest absolute Gasteiger partial charge is 0.444 e. The van der Waals surface area contributed by atoms with Gasteiger partial charge in [-0.2, -0.15) is 5.26 Å². The average molecular weight is 355 g/mol. The number of benzene rings is 1. The van der Waals surface area contributed by atoms with Crippen molar-refractivity contribution in [2.24, 2.45) is 5.92 Å². The van der Waals surface area contributed by atoms with E-state index < -0.39 is 23.7 Å². The van der Waals surface area contributed by atoms with Gasteiger partial charge in [0.15, 0.2) is 0 Å². The normalized spacial score (nSPS) is 24.7. The summed E-state index contributed by atoms with van der Waals surface area (Å²) in [5.74, 6) is -0.472. The van der Waals surface area contributed by atoms with Crippen LogP contribution in [0.1, 0.15) is 50.8 Å². The number of hydrogen-bond acceptors (Lipinski definition) is 4. The van der Waals surface area contributed by atoms with Gasteiger partial charge in [-0.25, -0.2) is 4.79 Å². The van der Waals surface area contributed by atoms with E-state index in [1.165, 1.54) is 0 Å². The maximum absolute atomic E-state index is 13.1. The predicted octanol–water partition coefficient (Wildman–Crippen LogP) is 2.94. The first kappa shape index (κ1) is 18.2. The minimum Gasteiger partial charge on any atom is -0.444 e. The zero-order chi connectivity index (χ0) is 18.9. The second kappa shape index (κ2) is 6.99. The molecule has 0 radical (unpaired) electrons. The van der Waals surface area contributed by atoms with E-state index in [1.807, 2.05) is 24.3 Å². The van der Waals surface area contributed by atoms with Gasteiger partial charge >= 0.3 is 6.09 Å². The Labute approximate surface area is 154 Å². The first-order valence-corrected chi connectivity index (χ1v) is 9.07. The first-order chi connectivity index (χ1) is 12.3. The summed E-state index contributed by atoms with van der Waals surface area (Å²) >= 11 is 0. The topological polar surface area (TPSA) is 82.4 Å². The van der Waals surface area contributed by atoms with Gasteiger partial charge in [-0.1, -0.05) is 24.3 Å². The van der Waals surface area contributed by atoms with E-state index in [0.29, 0.717) is 19.4 Å². The lowest BCUT2D eigenvalue weighted by Gasteiger charge is -2.28. The van der Waals surface area contributed by atoms with E-state index >= 15 is 0 Å². The van der Waals surface area contributed by atoms with Gasteiger partial charge in [-0.05, 0) is 51.2 Å². The van der Waals surface area contributed by atoms with Crippen molar-refractivity contribution in [3.8, 4) is 6.07 Å². The van der Waals surface area contributed by atoms with Crippen LogP contribution in [-0.4, -0.2) is 35.1 Å². The maximum atomic E-state index is 13.1. The van der Waals surface area contributed by atoms with Gasteiger partial charge in [0.2, 0.25) is 5.91 Å². The van der Waals surface area contributed by atoms with Gasteiger partial charge in [0.05, 0.1) is 18.0 Å². The van der Waals surface area contributed by atoms with Crippen molar-refractivity contribution >= 4 is 12.0 Å². The van der Waals surface area contributed by atoms with Crippen molar-refractivity contribution in [1.29, 1.82) is 5.26 Å². The molecule has 1 aliphatic heterocycles. The summed E-state index contributed by atoms with van der Waals surface area (Å²) in [6, 6.07) is 9.18. The number of alkyl carbamates (subject to hydrolysis) is 1. The Morgan fingerprint density at radius 1 is 1.31 bits per heavy atom. The molecular weight excluding hydrogens is 330 g/mol. The number of ether oxygens (including phenoxy) is 1. The number of hydrogen-bond donors (Lipinski definition) is 1. The van der Waals surface area contributed by atoms with E-state index in [2.05, 4.69) is 11.4 Å². The van der Waals surface area contributed by atoms with Gasteiger partial charge in [0, 0.05) is 6.54 Å². The van der Waals surface area contributed by atoms with Crippen LogP contribution in [0.3, 0.4) is 0 Å². The molecule has 6 nitrogen and oxygen atoms in total. The number of carbonyl (C=O) groups excluding carboxylic acids is 2. The number of rotatable bonds is 2. The van der Waals surface area contributed by atoms with Gasteiger partial charge in [0.1, 0.15) is 11.6 Å². The first-order valence-electron chi connectivity index (χ1n) is 9.07. The van der Waals surface area contributed by atoms with E-state index in [0.717, 1.165) is 17.5 Å². The van der Waals surface area contributed by atoms with E-state index in [1.54, 1.807) is 25.7 Å². The lowest BCUT2D eigenvalue weighted by Crippen LogP contribution is -2.44. The van der Waals surface area contributed by atoms with Gasteiger partial charge in [0.25, 0.3) is 0 Å². The van der Waals surface area contributed by atoms with Crippen LogP contribution >= 0.6 is 0 Å². The highest BCUT2D eigenvalue weighted by Crippen LogP contribution is 2.38. The molecule has 1 aliphatic carbocycles. The van der Waals surface area contributed by atoms with Crippen molar-refractivity contribution < 1.29 is 14.3 Å². The highest BCUT2D eigenvalue weighted by atomic mass is 16.6. The second-order valence-corrected chi connectivity index (χ2v) is 7.95. The molecule has 6 heteroatoms. The summed E-state index contributed by atoms with van der Waals surface area (Å²) in [5, 5.41) is 12.2. The molecular formula is C20H25N3O3. The van der Waals surface area contributed by atoms with E-state index in [-0.39, 0.29) is 11.9 Å². The van der Waals surface area contributed by atoms with Crippen molar-refractivity contribution in [2.75, 3.05) is 6.54 Å². The van der Waals surface area contributed by atoms with Crippen LogP contribution in [-0.2, 0) is 16.0 Å². The molecule has 3 unspecified atom stereocenters. The lowest BCUT2D eigenvalue weighted by atomic mass is 9.98. The molecule has 0 saturated carbocycles. The monoisotopic (exact) mass is 355 g/mol. The van der Waals surface area contributed by atoms with E-state index in [4.69, 9.17) is 4.74 Å². The molecule has 2 amide bonds. The van der Waals surface area contributed by atoms with Crippen molar-refractivity contribution in [3.63, 3.8) is 0 Å². The summed E-state index contributed by atoms with van der Waals surface area (Å²) in [6.45, 7) is 6.02. The minimum atomic E-state index is -0.609. The molecule has 3 rings (SSSR count). The quantitative estimate of drug-likeness (QED) is 0.884. The third-order valence-corrected chi connectivity index (χ3v) is 4.91.